The zero-order valence-corrected chi connectivity index (χ0v) is 21.1. The summed E-state index contributed by atoms with van der Waals surface area (Å²) in [6.07, 6.45) is 1.59. The number of nitro benzene ring substituents is 1. The highest BCUT2D eigenvalue weighted by Crippen LogP contribution is 2.36. The minimum Gasteiger partial charge on any atom is -0.493 e. The van der Waals surface area contributed by atoms with E-state index in [1.165, 1.54) is 25.3 Å². The fourth-order valence-corrected chi connectivity index (χ4v) is 4.58. The summed E-state index contributed by atoms with van der Waals surface area (Å²) < 4.78 is 11.3. The van der Waals surface area contributed by atoms with Gasteiger partial charge in [0.1, 0.15) is 6.61 Å². The molecular weight excluding hydrogens is 527 g/mol. The lowest BCUT2D eigenvalue weighted by Crippen LogP contribution is -2.27. The normalized spacial score (nSPS) is 14.4. The number of nitrogens with zero attached hydrogens (tertiary/aromatic N) is 2. The van der Waals surface area contributed by atoms with Gasteiger partial charge in [-0.3, -0.25) is 24.6 Å². The number of methoxy groups -OCH3 is 1. The standard InChI is InChI=1S/C25H18Cl2N2O6S/c1-34-22-11-15(6-8-21(22)35-14-17-5-7-19(26)20(27)10-17)12-23-24(30)28(25(31)36-23)13-16-3-2-4-18(9-16)29(32)33/h2-12H,13-14H2,1H3/b23-12+. The number of amides is 2. The number of rotatable bonds is 8. The lowest BCUT2D eigenvalue weighted by molar-refractivity contribution is -0.384. The summed E-state index contributed by atoms with van der Waals surface area (Å²) in [7, 11) is 1.50. The molecule has 0 N–H and O–H groups in total. The molecule has 0 bridgehead atoms. The van der Waals surface area contributed by atoms with Crippen molar-refractivity contribution in [2.24, 2.45) is 0 Å². The molecule has 184 valence electrons. The number of imide groups is 1. The summed E-state index contributed by atoms with van der Waals surface area (Å²) in [4.78, 5) is 37.1. The monoisotopic (exact) mass is 544 g/mol. The van der Waals surface area contributed by atoms with E-state index in [-0.39, 0.29) is 23.7 Å². The van der Waals surface area contributed by atoms with Crippen LogP contribution in [0, 0.1) is 10.1 Å². The fraction of sp³-hybridized carbons (Fsp3) is 0.120. The Morgan fingerprint density at radius 1 is 1.00 bits per heavy atom. The Bertz CT molecular complexity index is 1390. The molecule has 1 saturated heterocycles. The number of benzene rings is 3. The van der Waals surface area contributed by atoms with Crippen molar-refractivity contribution in [3.05, 3.63) is 102 Å². The minimum absolute atomic E-state index is 0.0610. The first-order chi connectivity index (χ1) is 17.2. The summed E-state index contributed by atoms with van der Waals surface area (Å²) in [5.41, 5.74) is 1.84. The zero-order valence-electron chi connectivity index (χ0n) is 18.8. The number of halogens is 2. The molecule has 36 heavy (non-hydrogen) atoms. The van der Waals surface area contributed by atoms with Gasteiger partial charge in [-0.2, -0.15) is 0 Å². The van der Waals surface area contributed by atoms with Crippen LogP contribution in [0.1, 0.15) is 16.7 Å². The molecular formula is C25H18Cl2N2O6S. The number of nitro groups is 1. The highest BCUT2D eigenvalue weighted by Gasteiger charge is 2.35. The minimum atomic E-state index is -0.525. The van der Waals surface area contributed by atoms with Crippen molar-refractivity contribution in [2.45, 2.75) is 13.2 Å². The van der Waals surface area contributed by atoms with Gasteiger partial charge in [-0.1, -0.05) is 47.5 Å². The van der Waals surface area contributed by atoms with Crippen LogP contribution in [0.5, 0.6) is 11.5 Å². The smallest absolute Gasteiger partial charge is 0.293 e. The highest BCUT2D eigenvalue weighted by molar-refractivity contribution is 8.18. The molecule has 1 heterocycles. The number of ether oxygens (including phenoxy) is 2. The maximum atomic E-state index is 12.9. The van der Waals surface area contributed by atoms with Crippen LogP contribution in [0.25, 0.3) is 6.08 Å². The second-order valence-electron chi connectivity index (χ2n) is 7.64. The van der Waals surface area contributed by atoms with Crippen molar-refractivity contribution in [2.75, 3.05) is 7.11 Å². The van der Waals surface area contributed by atoms with Crippen molar-refractivity contribution in [1.29, 1.82) is 0 Å². The zero-order chi connectivity index (χ0) is 25.8. The van der Waals surface area contributed by atoms with Crippen LogP contribution in [-0.2, 0) is 17.9 Å². The third-order valence-corrected chi connectivity index (χ3v) is 6.85. The molecule has 1 aliphatic rings. The van der Waals surface area contributed by atoms with Gasteiger partial charge in [0, 0.05) is 12.1 Å². The number of hydrogen-bond acceptors (Lipinski definition) is 7. The van der Waals surface area contributed by atoms with Gasteiger partial charge in [0.05, 0.1) is 33.5 Å². The first-order valence-electron chi connectivity index (χ1n) is 10.5. The number of carbonyl (C=O) groups excluding carboxylic acids is 2. The van der Waals surface area contributed by atoms with Gasteiger partial charge >= 0.3 is 0 Å². The molecule has 0 atom stereocenters. The Balaban J connectivity index is 1.48. The predicted octanol–water partition coefficient (Wildman–Crippen LogP) is 6.73. The maximum absolute atomic E-state index is 12.9. The molecule has 2 amide bonds. The quantitative estimate of drug-likeness (QED) is 0.176. The van der Waals surface area contributed by atoms with E-state index in [0.717, 1.165) is 22.2 Å². The van der Waals surface area contributed by atoms with Crippen LogP contribution in [0.15, 0.2) is 65.6 Å². The Hall–Kier alpha value is -3.53. The van der Waals surface area contributed by atoms with Gasteiger partial charge in [0.25, 0.3) is 16.8 Å². The molecule has 4 rings (SSSR count). The summed E-state index contributed by atoms with van der Waals surface area (Å²) >= 11 is 12.8. The predicted molar refractivity (Wildman–Crippen MR) is 138 cm³/mol. The van der Waals surface area contributed by atoms with Crippen LogP contribution < -0.4 is 9.47 Å². The Labute approximate surface area is 220 Å². The molecule has 11 heteroatoms. The van der Waals surface area contributed by atoms with Crippen molar-refractivity contribution < 1.29 is 24.0 Å². The molecule has 8 nitrogen and oxygen atoms in total. The molecule has 0 radical (unpaired) electrons. The lowest BCUT2D eigenvalue weighted by Gasteiger charge is -2.12. The third kappa shape index (κ3) is 5.81. The van der Waals surface area contributed by atoms with Crippen LogP contribution in [0.2, 0.25) is 10.0 Å². The largest absolute Gasteiger partial charge is 0.493 e. The molecule has 3 aromatic carbocycles. The first-order valence-corrected chi connectivity index (χ1v) is 12.1. The van der Waals surface area contributed by atoms with Crippen molar-refractivity contribution >= 4 is 57.9 Å². The molecule has 0 unspecified atom stereocenters. The van der Waals surface area contributed by atoms with Crippen molar-refractivity contribution in [1.82, 2.24) is 4.90 Å². The average molecular weight is 545 g/mol. The summed E-state index contributed by atoms with van der Waals surface area (Å²) in [5.74, 6) is 0.453. The van der Waals surface area contributed by atoms with E-state index in [9.17, 15) is 19.7 Å². The number of hydrogen-bond donors (Lipinski definition) is 0. The van der Waals surface area contributed by atoms with Crippen LogP contribution in [0.3, 0.4) is 0 Å². The van der Waals surface area contributed by atoms with Crippen molar-refractivity contribution in [3.63, 3.8) is 0 Å². The van der Waals surface area contributed by atoms with E-state index in [0.29, 0.717) is 32.7 Å². The van der Waals surface area contributed by atoms with E-state index in [2.05, 4.69) is 0 Å². The second kappa shape index (κ2) is 11.0. The Morgan fingerprint density at radius 2 is 1.81 bits per heavy atom. The van der Waals surface area contributed by atoms with Crippen LogP contribution >= 0.6 is 35.0 Å². The summed E-state index contributed by atoms with van der Waals surface area (Å²) in [6.45, 7) is 0.178. The van der Waals surface area contributed by atoms with Gasteiger partial charge in [-0.25, -0.2) is 0 Å². The molecule has 0 spiro atoms. The van der Waals surface area contributed by atoms with Gasteiger partial charge in [0.15, 0.2) is 11.5 Å². The first kappa shape index (κ1) is 25.6. The number of thioether (sulfide) groups is 1. The van der Waals surface area contributed by atoms with E-state index in [1.54, 1.807) is 48.5 Å². The molecule has 3 aromatic rings. The molecule has 1 fully saturated rings. The number of carbonyl (C=O) groups is 2. The fourth-order valence-electron chi connectivity index (χ4n) is 3.42. The number of non-ortho nitro benzene ring substituents is 1. The maximum Gasteiger partial charge on any atom is 0.293 e. The Morgan fingerprint density at radius 3 is 2.53 bits per heavy atom. The molecule has 0 aromatic heterocycles. The van der Waals surface area contributed by atoms with E-state index < -0.39 is 16.1 Å². The van der Waals surface area contributed by atoms with Gasteiger partial charge in [0.2, 0.25) is 0 Å². The molecule has 0 aliphatic carbocycles. The lowest BCUT2D eigenvalue weighted by atomic mass is 10.1. The topological polar surface area (TPSA) is 99.0 Å². The van der Waals surface area contributed by atoms with Crippen molar-refractivity contribution in [3.8, 4) is 11.5 Å². The van der Waals surface area contributed by atoms with E-state index in [1.807, 2.05) is 0 Å². The third-order valence-electron chi connectivity index (χ3n) is 5.20. The van der Waals surface area contributed by atoms with Crippen LogP contribution in [0.4, 0.5) is 10.5 Å². The molecule has 1 aliphatic heterocycles. The van der Waals surface area contributed by atoms with Gasteiger partial charge < -0.3 is 9.47 Å². The Kier molecular flexibility index (Phi) is 7.83. The summed E-state index contributed by atoms with van der Waals surface area (Å²) in [5, 5.41) is 11.4. The van der Waals surface area contributed by atoms with Gasteiger partial charge in [-0.15, -0.1) is 0 Å². The van der Waals surface area contributed by atoms with Gasteiger partial charge in [-0.05, 0) is 58.8 Å². The SMILES string of the molecule is COc1cc(/C=C2/SC(=O)N(Cc3cccc([N+](=O)[O-])c3)C2=O)ccc1OCc1ccc(Cl)c(Cl)c1. The molecule has 0 saturated carbocycles. The highest BCUT2D eigenvalue weighted by atomic mass is 35.5. The second-order valence-corrected chi connectivity index (χ2v) is 9.45. The summed E-state index contributed by atoms with van der Waals surface area (Å²) in [6, 6.07) is 16.2. The van der Waals surface area contributed by atoms with E-state index in [4.69, 9.17) is 32.7 Å². The van der Waals surface area contributed by atoms with E-state index >= 15 is 0 Å². The average Bonchev–Trinajstić information content (AvgIpc) is 3.12. The van der Waals surface area contributed by atoms with Crippen LogP contribution in [-0.4, -0.2) is 28.1 Å².